The van der Waals surface area contributed by atoms with Crippen LogP contribution in [0.4, 0.5) is 13.2 Å². The number of ether oxygens (including phenoxy) is 2. The van der Waals surface area contributed by atoms with E-state index in [4.69, 9.17) is 9.47 Å². The molecule has 1 N–H and O–H groups in total. The van der Waals surface area contributed by atoms with E-state index in [9.17, 15) is 31.2 Å². The van der Waals surface area contributed by atoms with Crippen molar-refractivity contribution in [3.63, 3.8) is 0 Å². The Kier molecular flexibility index (Phi) is 7.41. The number of morpholine rings is 1. The molecule has 8 rings (SSSR count). The minimum absolute atomic E-state index is 0.0348. The molecule has 0 radical (unpaired) electrons. The zero-order chi connectivity index (χ0) is 33.6. The van der Waals surface area contributed by atoms with E-state index in [0.29, 0.717) is 37.4 Å². The summed E-state index contributed by atoms with van der Waals surface area (Å²) in [5.74, 6) is -2.29. The van der Waals surface area contributed by atoms with Crippen molar-refractivity contribution in [1.29, 1.82) is 0 Å². The number of carbonyl (C=O) groups is 2. The van der Waals surface area contributed by atoms with Gasteiger partial charge >= 0.3 is 6.18 Å². The molecule has 9 nitrogen and oxygen atoms in total. The number of aromatic nitrogens is 1. The Labute approximate surface area is 276 Å². The van der Waals surface area contributed by atoms with Crippen LogP contribution in [-0.4, -0.2) is 74.0 Å². The van der Waals surface area contributed by atoms with Gasteiger partial charge in [-0.1, -0.05) is 25.3 Å². The Balaban J connectivity index is 1.30. The van der Waals surface area contributed by atoms with Crippen LogP contribution < -0.4 is 9.46 Å². The lowest BCUT2D eigenvalue weighted by atomic mass is 9.81. The quantitative estimate of drug-likeness (QED) is 0.349. The number of methoxy groups -OCH3 is 1. The third kappa shape index (κ3) is 5.19. The van der Waals surface area contributed by atoms with E-state index in [2.05, 4.69) is 15.5 Å². The molecule has 5 aliphatic rings. The molecule has 48 heavy (non-hydrogen) atoms. The van der Waals surface area contributed by atoms with Crippen LogP contribution in [0, 0.1) is 5.41 Å². The lowest BCUT2D eigenvalue weighted by Gasteiger charge is -2.37. The highest BCUT2D eigenvalue weighted by Gasteiger charge is 2.65. The van der Waals surface area contributed by atoms with Crippen molar-refractivity contribution < 1.29 is 40.7 Å². The van der Waals surface area contributed by atoms with Gasteiger partial charge in [0, 0.05) is 34.5 Å². The number of nitrogens with one attached hydrogen (secondary N) is 1. The summed E-state index contributed by atoms with van der Waals surface area (Å²) in [6.07, 6.45) is 2.74. The highest BCUT2D eigenvalue weighted by atomic mass is 32.2. The third-order valence-corrected chi connectivity index (χ3v) is 12.5. The highest BCUT2D eigenvalue weighted by molar-refractivity contribution is 7.90. The minimum atomic E-state index is -5.00. The molecule has 2 bridgehead atoms. The molecule has 1 aromatic heterocycles. The Bertz CT molecular complexity index is 1920. The second-order valence-electron chi connectivity index (χ2n) is 14.2. The van der Waals surface area contributed by atoms with Gasteiger partial charge in [-0.05, 0) is 79.5 Å². The number of fused-ring (bicyclic) bond motifs is 9. The first kappa shape index (κ1) is 31.7. The van der Waals surface area contributed by atoms with Gasteiger partial charge in [-0.3, -0.25) is 9.59 Å². The van der Waals surface area contributed by atoms with Crippen molar-refractivity contribution in [2.45, 2.75) is 88.0 Å². The zero-order valence-corrected chi connectivity index (χ0v) is 27.5. The van der Waals surface area contributed by atoms with Crippen molar-refractivity contribution in [1.82, 2.24) is 14.2 Å². The van der Waals surface area contributed by atoms with Gasteiger partial charge in [-0.15, -0.1) is 0 Å². The summed E-state index contributed by atoms with van der Waals surface area (Å²) in [7, 11) is -3.34. The van der Waals surface area contributed by atoms with Gasteiger partial charge in [0.2, 0.25) is 15.9 Å². The molecule has 2 amide bonds. The van der Waals surface area contributed by atoms with Crippen LogP contribution in [0.25, 0.3) is 22.2 Å². The number of carbonyl (C=O) groups excluding carboxylic acids is 2. The van der Waals surface area contributed by atoms with Crippen molar-refractivity contribution in [3.05, 3.63) is 53.1 Å². The largest absolute Gasteiger partial charge is 0.497 e. The summed E-state index contributed by atoms with van der Waals surface area (Å²) in [6.45, 7) is 1.40. The fraction of sp³-hybridized carbons (Fsp3) is 0.543. The van der Waals surface area contributed by atoms with E-state index in [0.717, 1.165) is 72.7 Å². The second-order valence-corrected chi connectivity index (χ2v) is 15.9. The van der Waals surface area contributed by atoms with Gasteiger partial charge in [-0.2, -0.15) is 13.2 Å². The Morgan fingerprint density at radius 1 is 1.02 bits per heavy atom. The maximum absolute atomic E-state index is 14.8. The molecule has 4 heterocycles. The first-order valence-electron chi connectivity index (χ1n) is 16.8. The van der Waals surface area contributed by atoms with E-state index >= 15 is 0 Å². The van der Waals surface area contributed by atoms with Crippen LogP contribution in [0.2, 0.25) is 0 Å². The molecule has 13 heteroatoms. The van der Waals surface area contributed by atoms with Gasteiger partial charge in [-0.25, -0.2) is 13.1 Å². The number of amides is 2. The fourth-order valence-electron chi connectivity index (χ4n) is 9.09. The summed E-state index contributed by atoms with van der Waals surface area (Å²) < 4.78 is 78.5. The molecule has 2 saturated carbocycles. The molecule has 256 valence electrons. The maximum atomic E-state index is 14.8. The predicted octanol–water partition coefficient (Wildman–Crippen LogP) is 5.86. The van der Waals surface area contributed by atoms with Gasteiger partial charge in [0.05, 0.1) is 43.5 Å². The number of rotatable bonds is 6. The van der Waals surface area contributed by atoms with Gasteiger partial charge in [0.15, 0.2) is 5.75 Å². The lowest BCUT2D eigenvalue weighted by molar-refractivity contribution is -0.147. The fourth-order valence-corrected chi connectivity index (χ4v) is 9.99. The number of halogens is 3. The summed E-state index contributed by atoms with van der Waals surface area (Å²) >= 11 is 0. The average molecular weight is 686 g/mol. The molecular formula is C35H38F3N3O6S. The normalized spacial score (nSPS) is 26.8. The number of sulfonamides is 1. The second kappa shape index (κ2) is 11.2. The van der Waals surface area contributed by atoms with E-state index in [1.54, 1.807) is 24.0 Å². The Morgan fingerprint density at radius 2 is 1.75 bits per heavy atom. The highest BCUT2D eigenvalue weighted by Crippen LogP contribution is 2.66. The van der Waals surface area contributed by atoms with Crippen molar-refractivity contribution >= 4 is 32.7 Å². The van der Waals surface area contributed by atoms with Gasteiger partial charge in [0.1, 0.15) is 5.75 Å². The molecule has 2 saturated heterocycles. The van der Waals surface area contributed by atoms with E-state index < -0.39 is 33.3 Å². The standard InChI is InChI=1S/C35H38F3N3O6S/c1-46-24-10-12-25-27(14-24)28-15-34(28,33(43)41-22-8-9-23(41)17-47-16-22)18-40-29-13-21(32(42)39-48(44,45)19-35(36,37)38)7-11-26(29)30(31(25)40)20-5-3-2-4-6-20/h7,10-14,20,22-23,28H,2-6,8-9,15-19H2,1H3,(H,39,42)/t22-,23?,28?,34?/m1/s1. The van der Waals surface area contributed by atoms with Crippen LogP contribution >= 0.6 is 0 Å². The number of hydrogen-bond donors (Lipinski definition) is 1. The molecule has 3 aromatic rings. The van der Waals surface area contributed by atoms with Crippen LogP contribution in [-0.2, 0) is 26.1 Å². The average Bonchev–Trinajstić information content (AvgIpc) is 3.64. The number of benzene rings is 2. The topological polar surface area (TPSA) is 107 Å². The first-order valence-corrected chi connectivity index (χ1v) is 18.4. The van der Waals surface area contributed by atoms with Gasteiger partial charge in [0.25, 0.3) is 5.91 Å². The maximum Gasteiger partial charge on any atom is 0.404 e. The third-order valence-electron chi connectivity index (χ3n) is 11.3. The van der Waals surface area contributed by atoms with Crippen molar-refractivity contribution in [2.24, 2.45) is 5.41 Å². The molecular weight excluding hydrogens is 647 g/mol. The summed E-state index contributed by atoms with van der Waals surface area (Å²) in [5, 5.41) is 0.904. The molecule has 2 aliphatic carbocycles. The summed E-state index contributed by atoms with van der Waals surface area (Å²) in [6, 6.07) is 10.9. The van der Waals surface area contributed by atoms with E-state index in [1.807, 2.05) is 12.1 Å². The Morgan fingerprint density at radius 3 is 2.44 bits per heavy atom. The molecule has 3 unspecified atom stereocenters. The zero-order valence-electron chi connectivity index (χ0n) is 26.6. The SMILES string of the molecule is COc1ccc2c(c1)C1CC1(C(=O)N1C3CC[C@@H]1COC3)Cn1c-2c(C2CCCCC2)c2ccc(C(=O)NS(=O)(=O)CC(F)(F)F)cc21. The van der Waals surface area contributed by atoms with Crippen molar-refractivity contribution in [3.8, 4) is 17.0 Å². The lowest BCUT2D eigenvalue weighted by Crippen LogP contribution is -2.52. The monoisotopic (exact) mass is 685 g/mol. The van der Waals surface area contributed by atoms with Gasteiger partial charge < -0.3 is 18.9 Å². The molecule has 4 fully saturated rings. The minimum Gasteiger partial charge on any atom is -0.497 e. The number of hydrogen-bond acceptors (Lipinski definition) is 6. The Hall–Kier alpha value is -3.58. The van der Waals surface area contributed by atoms with Crippen LogP contribution in [0.5, 0.6) is 5.75 Å². The number of alkyl halides is 3. The van der Waals surface area contributed by atoms with Crippen molar-refractivity contribution in [2.75, 3.05) is 26.1 Å². The van der Waals surface area contributed by atoms with E-state index in [-0.39, 0.29) is 35.4 Å². The number of nitrogens with zero attached hydrogens (tertiary/aromatic N) is 2. The summed E-state index contributed by atoms with van der Waals surface area (Å²) in [5.41, 5.74) is 4.05. The summed E-state index contributed by atoms with van der Waals surface area (Å²) in [4.78, 5) is 30.0. The van der Waals surface area contributed by atoms with Crippen LogP contribution in [0.1, 0.15) is 84.7 Å². The van der Waals surface area contributed by atoms with Crippen LogP contribution in [0.15, 0.2) is 36.4 Å². The molecule has 0 spiro atoms. The first-order chi connectivity index (χ1) is 22.9. The smallest absolute Gasteiger partial charge is 0.404 e. The molecule has 2 aromatic carbocycles. The van der Waals surface area contributed by atoms with E-state index in [1.165, 1.54) is 6.07 Å². The molecule has 4 atom stereocenters. The molecule has 3 aliphatic heterocycles. The van der Waals surface area contributed by atoms with Crippen LogP contribution in [0.3, 0.4) is 0 Å². The predicted molar refractivity (Wildman–Crippen MR) is 171 cm³/mol.